The van der Waals surface area contributed by atoms with Crippen LogP contribution in [0, 0.1) is 11.8 Å². The Morgan fingerprint density at radius 3 is 2.47 bits per heavy atom. The van der Waals surface area contributed by atoms with E-state index in [2.05, 4.69) is 36.7 Å². The highest BCUT2D eigenvalue weighted by Gasteiger charge is 2.35. The zero-order valence-corrected chi connectivity index (χ0v) is 18.9. The van der Waals surface area contributed by atoms with Crippen LogP contribution in [0.5, 0.6) is 0 Å². The van der Waals surface area contributed by atoms with E-state index >= 15 is 0 Å². The van der Waals surface area contributed by atoms with Crippen molar-refractivity contribution in [1.29, 1.82) is 0 Å². The third kappa shape index (κ3) is 5.01. The SMILES string of the molecule is C=CC(=O)N1CC(N2CCN(C(=O)CNC3=CC(C(C)C)C(Cl)C=C3OC)CC2)C1. The van der Waals surface area contributed by atoms with Crippen LogP contribution in [0.2, 0.25) is 0 Å². The molecule has 3 rings (SSSR count). The van der Waals surface area contributed by atoms with Crippen molar-refractivity contribution in [2.75, 3.05) is 52.9 Å². The molecule has 0 aromatic rings. The maximum atomic E-state index is 12.7. The second-order valence-corrected chi connectivity index (χ2v) is 8.96. The van der Waals surface area contributed by atoms with Gasteiger partial charge >= 0.3 is 0 Å². The topological polar surface area (TPSA) is 65.1 Å². The molecule has 0 saturated carbocycles. The van der Waals surface area contributed by atoms with Gasteiger partial charge in [-0.05, 0) is 18.1 Å². The molecule has 2 amide bonds. The fourth-order valence-corrected chi connectivity index (χ4v) is 4.69. The molecule has 0 bridgehead atoms. The molecular weight excluding hydrogens is 404 g/mol. The minimum Gasteiger partial charge on any atom is -0.495 e. The van der Waals surface area contributed by atoms with Gasteiger partial charge in [0.05, 0.1) is 24.7 Å². The van der Waals surface area contributed by atoms with Gasteiger partial charge in [0.25, 0.3) is 0 Å². The standard InChI is InChI=1S/C22H33ClN4O3/c1-5-21(28)27-13-16(14-27)25-6-8-26(9-7-25)22(29)12-24-19-10-17(15(2)3)18(23)11-20(19)30-4/h5,10-11,15-18,24H,1,6-9,12-14H2,2-4H3. The number of likely N-dealkylation sites (tertiary alicyclic amines) is 1. The van der Waals surface area contributed by atoms with E-state index < -0.39 is 0 Å². The van der Waals surface area contributed by atoms with E-state index in [9.17, 15) is 9.59 Å². The van der Waals surface area contributed by atoms with Crippen molar-refractivity contribution >= 4 is 23.4 Å². The fourth-order valence-electron chi connectivity index (χ4n) is 4.21. The number of halogens is 1. The van der Waals surface area contributed by atoms with Gasteiger partial charge in [0, 0.05) is 51.2 Å². The van der Waals surface area contributed by atoms with Gasteiger partial charge in [-0.25, -0.2) is 0 Å². The Bertz CT molecular complexity index is 722. The molecule has 0 radical (unpaired) electrons. The molecule has 2 fully saturated rings. The molecule has 2 saturated heterocycles. The summed E-state index contributed by atoms with van der Waals surface area (Å²) in [7, 11) is 1.62. The highest BCUT2D eigenvalue weighted by Crippen LogP contribution is 2.31. The lowest BCUT2D eigenvalue weighted by molar-refractivity contribution is -0.136. The number of alkyl halides is 1. The molecule has 8 heteroatoms. The first-order valence-corrected chi connectivity index (χ1v) is 11.1. The highest BCUT2D eigenvalue weighted by atomic mass is 35.5. The number of allylic oxidation sites excluding steroid dienone is 2. The molecule has 2 unspecified atom stereocenters. The Hall–Kier alpha value is -1.99. The monoisotopic (exact) mass is 436 g/mol. The van der Waals surface area contributed by atoms with Gasteiger partial charge in [0.2, 0.25) is 11.8 Å². The van der Waals surface area contributed by atoms with Crippen molar-refractivity contribution in [1.82, 2.24) is 20.0 Å². The molecule has 166 valence electrons. The van der Waals surface area contributed by atoms with E-state index in [1.165, 1.54) is 6.08 Å². The zero-order valence-electron chi connectivity index (χ0n) is 18.1. The predicted molar refractivity (Wildman–Crippen MR) is 118 cm³/mol. The van der Waals surface area contributed by atoms with Crippen LogP contribution in [-0.4, -0.2) is 90.9 Å². The Kier molecular flexibility index (Phi) is 7.47. The maximum absolute atomic E-state index is 12.7. The summed E-state index contributed by atoms with van der Waals surface area (Å²) in [6.07, 6.45) is 5.36. The molecule has 2 atom stereocenters. The minimum atomic E-state index is -0.113. The van der Waals surface area contributed by atoms with Crippen LogP contribution >= 0.6 is 11.6 Å². The molecule has 30 heavy (non-hydrogen) atoms. The number of piperazine rings is 1. The third-order valence-electron chi connectivity index (χ3n) is 6.25. The first-order valence-electron chi connectivity index (χ1n) is 10.6. The second kappa shape index (κ2) is 9.88. The van der Waals surface area contributed by atoms with Crippen molar-refractivity contribution < 1.29 is 14.3 Å². The van der Waals surface area contributed by atoms with Crippen molar-refractivity contribution in [3.63, 3.8) is 0 Å². The van der Waals surface area contributed by atoms with Crippen LogP contribution in [0.3, 0.4) is 0 Å². The quantitative estimate of drug-likeness (QED) is 0.483. The molecule has 7 nitrogen and oxygen atoms in total. The fraction of sp³-hybridized carbons (Fsp3) is 0.636. The Balaban J connectivity index is 1.46. The van der Waals surface area contributed by atoms with Crippen LogP contribution in [0.4, 0.5) is 0 Å². The summed E-state index contributed by atoms with van der Waals surface area (Å²) in [6, 6.07) is 0.391. The summed E-state index contributed by atoms with van der Waals surface area (Å²) < 4.78 is 5.45. The summed E-state index contributed by atoms with van der Waals surface area (Å²) in [6.45, 7) is 12.6. The zero-order chi connectivity index (χ0) is 21.8. The smallest absolute Gasteiger partial charge is 0.246 e. The number of methoxy groups -OCH3 is 1. The first-order chi connectivity index (χ1) is 14.3. The van der Waals surface area contributed by atoms with Crippen LogP contribution in [-0.2, 0) is 14.3 Å². The predicted octanol–water partition coefficient (Wildman–Crippen LogP) is 1.42. The number of nitrogens with zero attached hydrogens (tertiary/aromatic N) is 3. The molecule has 1 N–H and O–H groups in total. The molecule has 2 aliphatic heterocycles. The van der Waals surface area contributed by atoms with Gasteiger partial charge in [-0.15, -0.1) is 11.6 Å². The molecule has 1 aliphatic carbocycles. The summed E-state index contributed by atoms with van der Waals surface area (Å²) in [5, 5.41) is 3.14. The van der Waals surface area contributed by atoms with Crippen LogP contribution in [0.1, 0.15) is 13.8 Å². The average molecular weight is 437 g/mol. The van der Waals surface area contributed by atoms with E-state index in [1.807, 2.05) is 11.0 Å². The van der Waals surface area contributed by atoms with Gasteiger partial charge in [-0.1, -0.05) is 26.5 Å². The van der Waals surface area contributed by atoms with Crippen LogP contribution < -0.4 is 5.32 Å². The van der Waals surface area contributed by atoms with Crippen LogP contribution in [0.25, 0.3) is 0 Å². The summed E-state index contributed by atoms with van der Waals surface area (Å²) in [5.74, 6) is 1.35. The molecule has 0 aromatic heterocycles. The number of carbonyl (C=O) groups excluding carboxylic acids is 2. The summed E-state index contributed by atoms with van der Waals surface area (Å²) >= 11 is 6.46. The van der Waals surface area contributed by atoms with Crippen molar-refractivity contribution in [3.8, 4) is 0 Å². The van der Waals surface area contributed by atoms with E-state index in [1.54, 1.807) is 12.0 Å². The van der Waals surface area contributed by atoms with Gasteiger partial charge < -0.3 is 19.9 Å². The van der Waals surface area contributed by atoms with Gasteiger partial charge in [0.1, 0.15) is 5.76 Å². The molecular formula is C22H33ClN4O3. The Morgan fingerprint density at radius 2 is 1.90 bits per heavy atom. The van der Waals surface area contributed by atoms with Crippen molar-refractivity contribution in [3.05, 3.63) is 36.3 Å². The lowest BCUT2D eigenvalue weighted by atomic mass is 9.87. The number of amides is 2. The average Bonchev–Trinajstić information content (AvgIpc) is 2.71. The normalized spacial score (nSPS) is 25.4. The van der Waals surface area contributed by atoms with E-state index in [0.29, 0.717) is 30.8 Å². The molecule has 2 heterocycles. The number of rotatable bonds is 7. The number of ether oxygens (including phenoxy) is 1. The maximum Gasteiger partial charge on any atom is 0.246 e. The van der Waals surface area contributed by atoms with Crippen molar-refractivity contribution in [2.45, 2.75) is 25.3 Å². The van der Waals surface area contributed by atoms with Gasteiger partial charge in [0.15, 0.2) is 0 Å². The highest BCUT2D eigenvalue weighted by molar-refractivity contribution is 6.22. The lowest BCUT2D eigenvalue weighted by Gasteiger charge is -2.47. The Labute approximate surface area is 184 Å². The van der Waals surface area contributed by atoms with Crippen LogP contribution in [0.15, 0.2) is 36.3 Å². The second-order valence-electron chi connectivity index (χ2n) is 8.45. The molecule has 0 spiro atoms. The summed E-state index contributed by atoms with van der Waals surface area (Å²) in [4.78, 5) is 30.4. The molecule has 0 aromatic carbocycles. The van der Waals surface area contributed by atoms with E-state index in [4.69, 9.17) is 16.3 Å². The van der Waals surface area contributed by atoms with Gasteiger partial charge in [-0.2, -0.15) is 0 Å². The number of hydrogen-bond acceptors (Lipinski definition) is 5. The van der Waals surface area contributed by atoms with E-state index in [-0.39, 0.29) is 29.7 Å². The lowest BCUT2D eigenvalue weighted by Crippen LogP contribution is -2.64. The number of hydrogen-bond donors (Lipinski definition) is 1. The van der Waals surface area contributed by atoms with E-state index in [0.717, 1.165) is 31.9 Å². The Morgan fingerprint density at radius 1 is 1.23 bits per heavy atom. The first kappa shape index (κ1) is 22.7. The largest absolute Gasteiger partial charge is 0.495 e. The molecule has 3 aliphatic rings. The minimum absolute atomic E-state index is 0.00664. The number of carbonyl (C=O) groups is 2. The number of nitrogens with one attached hydrogen (secondary N) is 1. The summed E-state index contributed by atoms with van der Waals surface area (Å²) in [5.41, 5.74) is 0.835. The van der Waals surface area contributed by atoms with Gasteiger partial charge in [-0.3, -0.25) is 14.5 Å². The third-order valence-corrected chi connectivity index (χ3v) is 6.67. The van der Waals surface area contributed by atoms with Crippen molar-refractivity contribution in [2.24, 2.45) is 11.8 Å².